The predicted molar refractivity (Wildman–Crippen MR) is 57.3 cm³/mol. The maximum atomic E-state index is 12.8. The Morgan fingerprint density at radius 1 is 1.05 bits per heavy atom. The van der Waals surface area contributed by atoms with E-state index in [1.54, 1.807) is 0 Å². The Bertz CT molecular complexity index is 315. The van der Waals surface area contributed by atoms with Crippen LogP contribution in [0.3, 0.4) is 0 Å². The number of hydrogen-bond acceptors (Lipinski definition) is 1. The molecule has 0 aliphatic rings. The minimum Gasteiger partial charge on any atom is -0.344 e. The van der Waals surface area contributed by atoms with Gasteiger partial charge in [-0.3, -0.25) is 4.79 Å². The van der Waals surface area contributed by atoms with Crippen LogP contribution in [-0.4, -0.2) is 24.3 Å². The average molecular weight is 293 g/mol. The minimum atomic E-state index is -5.20. The second kappa shape index (κ2) is 5.58. The summed E-state index contributed by atoms with van der Waals surface area (Å²) in [5, 5.41) is 1.47. The molecule has 0 aliphatic carbocycles. The highest BCUT2D eigenvalue weighted by atomic mass is 19.4. The van der Waals surface area contributed by atoms with Crippen molar-refractivity contribution >= 4 is 5.91 Å². The van der Waals surface area contributed by atoms with Crippen LogP contribution in [-0.2, 0) is 4.79 Å². The summed E-state index contributed by atoms with van der Waals surface area (Å²) in [4.78, 5) is 10.9. The van der Waals surface area contributed by atoms with Crippen LogP contribution in [0.4, 0.5) is 26.3 Å². The number of hydrogen-bond donors (Lipinski definition) is 1. The number of halogens is 6. The molecule has 8 heteroatoms. The van der Waals surface area contributed by atoms with Crippen molar-refractivity contribution in [1.29, 1.82) is 0 Å². The number of alkyl halides is 6. The lowest BCUT2D eigenvalue weighted by atomic mass is 9.77. The summed E-state index contributed by atoms with van der Waals surface area (Å²) < 4.78 is 75.0. The highest BCUT2D eigenvalue weighted by molar-refractivity contribution is 5.82. The molecule has 0 aromatic heterocycles. The van der Waals surface area contributed by atoms with Gasteiger partial charge in [-0.2, -0.15) is 26.3 Å². The largest absolute Gasteiger partial charge is 0.471 e. The number of rotatable bonds is 3. The lowest BCUT2D eigenvalue weighted by molar-refractivity contribution is -0.197. The Morgan fingerprint density at radius 3 is 1.68 bits per heavy atom. The molecule has 0 radical (unpaired) electrons. The molecule has 0 aromatic rings. The summed E-state index contributed by atoms with van der Waals surface area (Å²) in [5.74, 6) is -4.38. The van der Waals surface area contributed by atoms with Crippen LogP contribution in [0.15, 0.2) is 0 Å². The molecule has 1 amide bonds. The molecule has 0 aliphatic heterocycles. The van der Waals surface area contributed by atoms with E-state index in [0.29, 0.717) is 0 Å². The molecule has 2 atom stereocenters. The van der Waals surface area contributed by atoms with Gasteiger partial charge in [-0.05, 0) is 11.8 Å². The summed E-state index contributed by atoms with van der Waals surface area (Å²) in [6.45, 7) is 5.27. The van der Waals surface area contributed by atoms with E-state index in [1.807, 2.05) is 0 Å². The first-order valence-electron chi connectivity index (χ1n) is 5.65. The highest BCUT2D eigenvalue weighted by Crippen LogP contribution is 2.38. The summed E-state index contributed by atoms with van der Waals surface area (Å²) in [5.41, 5.74) is -1.16. The number of carbonyl (C=O) groups is 1. The van der Waals surface area contributed by atoms with E-state index in [2.05, 4.69) is 0 Å². The van der Waals surface area contributed by atoms with E-state index >= 15 is 0 Å². The van der Waals surface area contributed by atoms with Gasteiger partial charge in [-0.1, -0.05) is 27.7 Å². The molecule has 1 N–H and O–H groups in total. The van der Waals surface area contributed by atoms with Gasteiger partial charge in [0.25, 0.3) is 0 Å². The van der Waals surface area contributed by atoms with Crippen molar-refractivity contribution in [3.8, 4) is 0 Å². The van der Waals surface area contributed by atoms with Crippen molar-refractivity contribution in [2.24, 2.45) is 11.3 Å². The summed E-state index contributed by atoms with van der Waals surface area (Å²) in [6, 6.07) is -1.65. The Labute approximate surface area is 107 Å². The number of nitrogens with one attached hydrogen (secondary N) is 1. The van der Waals surface area contributed by atoms with E-state index in [0.717, 1.165) is 0 Å². The average Bonchev–Trinajstić information content (AvgIpc) is 2.11. The Morgan fingerprint density at radius 2 is 1.47 bits per heavy atom. The van der Waals surface area contributed by atoms with Crippen LogP contribution < -0.4 is 5.32 Å². The van der Waals surface area contributed by atoms with Crippen LogP contribution in [0, 0.1) is 11.3 Å². The smallest absolute Gasteiger partial charge is 0.344 e. The van der Waals surface area contributed by atoms with Crippen molar-refractivity contribution in [2.75, 3.05) is 0 Å². The quantitative estimate of drug-likeness (QED) is 0.790. The molecule has 0 bridgehead atoms. The normalized spacial score (nSPS) is 16.9. The summed E-state index contributed by atoms with van der Waals surface area (Å²) in [7, 11) is 0. The molecule has 0 aromatic carbocycles. The van der Waals surface area contributed by atoms with Crippen LogP contribution in [0.5, 0.6) is 0 Å². The lowest BCUT2D eigenvalue weighted by Gasteiger charge is -2.38. The molecule has 0 saturated heterocycles. The molecule has 0 heterocycles. The highest BCUT2D eigenvalue weighted by Gasteiger charge is 2.50. The zero-order valence-electron chi connectivity index (χ0n) is 11.0. The fraction of sp³-hybridized carbons (Fsp3) is 0.909. The van der Waals surface area contributed by atoms with Crippen LogP contribution in [0.1, 0.15) is 34.1 Å². The van der Waals surface area contributed by atoms with Gasteiger partial charge in [0.15, 0.2) is 0 Å². The van der Waals surface area contributed by atoms with Crippen molar-refractivity contribution in [1.82, 2.24) is 5.32 Å². The fourth-order valence-corrected chi connectivity index (χ4v) is 1.80. The van der Waals surface area contributed by atoms with Crippen LogP contribution >= 0.6 is 0 Å². The number of carbonyl (C=O) groups excluding carboxylic acids is 1. The fourth-order valence-electron chi connectivity index (χ4n) is 1.80. The second-order valence-corrected chi connectivity index (χ2v) is 5.37. The van der Waals surface area contributed by atoms with Crippen molar-refractivity contribution < 1.29 is 31.1 Å². The number of amides is 1. The lowest BCUT2D eigenvalue weighted by Crippen LogP contribution is -2.55. The molecule has 2 nitrogen and oxygen atoms in total. The molecular formula is C11H17F6NO. The van der Waals surface area contributed by atoms with Gasteiger partial charge < -0.3 is 5.32 Å². The third-order valence-corrected chi connectivity index (χ3v) is 2.74. The van der Waals surface area contributed by atoms with E-state index in [1.165, 1.54) is 33.0 Å². The van der Waals surface area contributed by atoms with E-state index in [-0.39, 0.29) is 0 Å². The van der Waals surface area contributed by atoms with Crippen molar-refractivity contribution in [3.05, 3.63) is 0 Å². The standard InChI is InChI=1S/C11H17F6NO/c1-5-6(10(12,13)14)7(9(2,3)4)18-8(19)11(15,16)17/h6-7H,5H2,1-4H3,(H,18,19). The molecule has 0 fully saturated rings. The molecule has 0 rings (SSSR count). The van der Waals surface area contributed by atoms with Gasteiger partial charge >= 0.3 is 18.3 Å². The molecule has 0 saturated carbocycles. The molecule has 2 unspecified atom stereocenters. The van der Waals surface area contributed by atoms with Crippen LogP contribution in [0.25, 0.3) is 0 Å². The maximum absolute atomic E-state index is 12.8. The molecule has 114 valence electrons. The molecule has 0 spiro atoms. The minimum absolute atomic E-state index is 0.413. The van der Waals surface area contributed by atoms with Gasteiger partial charge in [0.2, 0.25) is 0 Å². The van der Waals surface area contributed by atoms with E-state index in [9.17, 15) is 31.1 Å². The van der Waals surface area contributed by atoms with Gasteiger partial charge in [0.1, 0.15) is 0 Å². The molecule has 19 heavy (non-hydrogen) atoms. The Hall–Kier alpha value is -0.950. The Kier molecular flexibility index (Phi) is 5.30. The van der Waals surface area contributed by atoms with Gasteiger partial charge in [0, 0.05) is 6.04 Å². The maximum Gasteiger partial charge on any atom is 0.471 e. The van der Waals surface area contributed by atoms with Crippen molar-refractivity contribution in [3.63, 3.8) is 0 Å². The van der Waals surface area contributed by atoms with Crippen molar-refractivity contribution in [2.45, 2.75) is 52.5 Å². The predicted octanol–water partition coefficient (Wildman–Crippen LogP) is 3.67. The summed E-state index contributed by atoms with van der Waals surface area (Å²) in [6.07, 6.45) is -10.3. The first kappa shape index (κ1) is 18.0. The van der Waals surface area contributed by atoms with Gasteiger partial charge in [0.05, 0.1) is 5.92 Å². The SMILES string of the molecule is CCC(C(NC(=O)C(F)(F)F)C(C)(C)C)C(F)(F)F. The second-order valence-electron chi connectivity index (χ2n) is 5.37. The first-order chi connectivity index (χ1) is 8.21. The topological polar surface area (TPSA) is 29.1 Å². The zero-order valence-corrected chi connectivity index (χ0v) is 11.0. The molecular weight excluding hydrogens is 276 g/mol. The monoisotopic (exact) mass is 293 g/mol. The van der Waals surface area contributed by atoms with Gasteiger partial charge in [-0.25, -0.2) is 0 Å². The zero-order chi connectivity index (χ0) is 15.6. The third kappa shape index (κ3) is 5.28. The van der Waals surface area contributed by atoms with Crippen LogP contribution in [0.2, 0.25) is 0 Å². The van der Waals surface area contributed by atoms with E-state index < -0.39 is 42.1 Å². The van der Waals surface area contributed by atoms with Gasteiger partial charge in [-0.15, -0.1) is 0 Å². The third-order valence-electron chi connectivity index (χ3n) is 2.74. The first-order valence-corrected chi connectivity index (χ1v) is 5.65. The Balaban J connectivity index is 5.31. The van der Waals surface area contributed by atoms with E-state index in [4.69, 9.17) is 0 Å². The summed E-state index contributed by atoms with van der Waals surface area (Å²) >= 11 is 0.